The summed E-state index contributed by atoms with van der Waals surface area (Å²) < 4.78 is 12.7. The van der Waals surface area contributed by atoms with Gasteiger partial charge >= 0.3 is 0 Å². The summed E-state index contributed by atoms with van der Waals surface area (Å²) in [5.41, 5.74) is 2.76. The van der Waals surface area contributed by atoms with E-state index in [1.165, 1.54) is 17.7 Å². The van der Waals surface area contributed by atoms with Crippen molar-refractivity contribution in [1.29, 1.82) is 0 Å². The van der Waals surface area contributed by atoms with Crippen molar-refractivity contribution in [3.63, 3.8) is 0 Å². The van der Waals surface area contributed by atoms with Crippen LogP contribution in [0.4, 0.5) is 4.39 Å². The van der Waals surface area contributed by atoms with Crippen molar-refractivity contribution < 1.29 is 9.18 Å². The van der Waals surface area contributed by atoms with E-state index in [4.69, 9.17) is 0 Å². The molecule has 0 aliphatic rings. The maximum absolute atomic E-state index is 12.7. The Morgan fingerprint density at radius 2 is 1.50 bits per heavy atom. The Morgan fingerprint density at radius 1 is 0.944 bits per heavy atom. The van der Waals surface area contributed by atoms with Crippen LogP contribution >= 0.6 is 0 Å². The first-order valence-electron chi connectivity index (χ1n) is 6.05. The van der Waals surface area contributed by atoms with E-state index in [0.29, 0.717) is 12.0 Å². The van der Waals surface area contributed by atoms with Gasteiger partial charge in [0.1, 0.15) is 5.82 Å². The number of ketones is 1. The number of hydrogen-bond acceptors (Lipinski definition) is 1. The lowest BCUT2D eigenvalue weighted by molar-refractivity contribution is 0.0993. The second kappa shape index (κ2) is 5.58. The second-order valence-electron chi connectivity index (χ2n) is 4.28. The summed E-state index contributed by atoms with van der Waals surface area (Å²) in [6.07, 6.45) is 1.28. The van der Waals surface area contributed by atoms with Crippen molar-refractivity contribution in [2.45, 2.75) is 19.8 Å². The Kier molecular flexibility index (Phi) is 3.88. The number of carbonyl (C=O) groups excluding carboxylic acids is 1. The molecule has 0 radical (unpaired) electrons. The van der Waals surface area contributed by atoms with Crippen molar-refractivity contribution in [2.24, 2.45) is 0 Å². The smallest absolute Gasteiger partial charge is 0.167 e. The standard InChI is InChI=1S/C16H15FO/c1-2-12-3-7-14(8-4-12)16(18)11-13-5-9-15(17)10-6-13/h3-10H,2,11H2,1H3. The van der Waals surface area contributed by atoms with Gasteiger partial charge < -0.3 is 0 Å². The summed E-state index contributed by atoms with van der Waals surface area (Å²) in [6.45, 7) is 2.08. The summed E-state index contributed by atoms with van der Waals surface area (Å²) in [5, 5.41) is 0. The predicted molar refractivity (Wildman–Crippen MR) is 70.3 cm³/mol. The number of Topliss-reactive ketones (excluding diaryl/α,β-unsaturated/α-hetero) is 1. The van der Waals surface area contributed by atoms with Gasteiger partial charge in [0.2, 0.25) is 0 Å². The third-order valence-corrected chi connectivity index (χ3v) is 2.96. The molecule has 0 aliphatic carbocycles. The minimum absolute atomic E-state index is 0.0595. The van der Waals surface area contributed by atoms with Gasteiger partial charge in [-0.3, -0.25) is 4.79 Å². The molecule has 0 N–H and O–H groups in total. The largest absolute Gasteiger partial charge is 0.294 e. The van der Waals surface area contributed by atoms with Crippen LogP contribution in [-0.2, 0) is 12.8 Å². The Bertz CT molecular complexity index is 526. The van der Waals surface area contributed by atoms with Gasteiger partial charge in [0.25, 0.3) is 0 Å². The number of benzene rings is 2. The molecule has 0 saturated carbocycles. The third-order valence-electron chi connectivity index (χ3n) is 2.96. The minimum atomic E-state index is -0.279. The second-order valence-corrected chi connectivity index (χ2v) is 4.28. The van der Waals surface area contributed by atoms with Crippen LogP contribution in [0.3, 0.4) is 0 Å². The van der Waals surface area contributed by atoms with E-state index in [-0.39, 0.29) is 11.6 Å². The summed E-state index contributed by atoms with van der Waals surface area (Å²) in [7, 11) is 0. The third kappa shape index (κ3) is 3.04. The van der Waals surface area contributed by atoms with Gasteiger partial charge in [-0.25, -0.2) is 4.39 Å². The highest BCUT2D eigenvalue weighted by molar-refractivity contribution is 5.97. The van der Waals surface area contributed by atoms with Gasteiger partial charge in [0.15, 0.2) is 5.78 Å². The molecule has 0 aromatic heterocycles. The molecule has 0 heterocycles. The van der Waals surface area contributed by atoms with Crippen LogP contribution in [0.1, 0.15) is 28.4 Å². The zero-order valence-electron chi connectivity index (χ0n) is 10.3. The average molecular weight is 242 g/mol. The van der Waals surface area contributed by atoms with Gasteiger partial charge in [-0.1, -0.05) is 43.3 Å². The Labute approximate surface area is 106 Å². The van der Waals surface area contributed by atoms with E-state index in [9.17, 15) is 9.18 Å². The molecular weight excluding hydrogens is 227 g/mol. The zero-order chi connectivity index (χ0) is 13.0. The fraction of sp³-hybridized carbons (Fsp3) is 0.188. The fourth-order valence-corrected chi connectivity index (χ4v) is 1.82. The number of carbonyl (C=O) groups is 1. The van der Waals surface area contributed by atoms with Crippen molar-refractivity contribution >= 4 is 5.78 Å². The first-order chi connectivity index (χ1) is 8.69. The van der Waals surface area contributed by atoms with Gasteiger partial charge in [-0.2, -0.15) is 0 Å². The molecule has 0 fully saturated rings. The summed E-state index contributed by atoms with van der Waals surface area (Å²) in [5.74, 6) is -0.220. The van der Waals surface area contributed by atoms with Gasteiger partial charge in [-0.05, 0) is 29.7 Å². The minimum Gasteiger partial charge on any atom is -0.294 e. The molecular formula is C16H15FO. The average Bonchev–Trinajstić information content (AvgIpc) is 2.41. The van der Waals surface area contributed by atoms with Crippen LogP contribution in [0.25, 0.3) is 0 Å². The monoisotopic (exact) mass is 242 g/mol. The maximum atomic E-state index is 12.7. The van der Waals surface area contributed by atoms with Crippen molar-refractivity contribution in [1.82, 2.24) is 0 Å². The normalized spacial score (nSPS) is 10.3. The molecule has 0 saturated heterocycles. The van der Waals surface area contributed by atoms with Crippen LogP contribution in [0, 0.1) is 5.82 Å². The Morgan fingerprint density at radius 3 is 2.06 bits per heavy atom. The van der Waals surface area contributed by atoms with E-state index in [1.807, 2.05) is 24.3 Å². The molecule has 2 aromatic carbocycles. The molecule has 0 spiro atoms. The first kappa shape index (κ1) is 12.5. The lowest BCUT2D eigenvalue weighted by Gasteiger charge is -2.03. The lowest BCUT2D eigenvalue weighted by Crippen LogP contribution is -2.03. The highest BCUT2D eigenvalue weighted by Gasteiger charge is 2.06. The molecule has 0 amide bonds. The quantitative estimate of drug-likeness (QED) is 0.745. The first-order valence-corrected chi connectivity index (χ1v) is 6.05. The lowest BCUT2D eigenvalue weighted by atomic mass is 10.0. The molecule has 0 unspecified atom stereocenters. The highest BCUT2D eigenvalue weighted by Crippen LogP contribution is 2.10. The molecule has 2 rings (SSSR count). The predicted octanol–water partition coefficient (Wildman–Crippen LogP) is 3.81. The van der Waals surface area contributed by atoms with Crippen LogP contribution in [0.5, 0.6) is 0 Å². The summed E-state index contributed by atoms with van der Waals surface area (Å²) in [6, 6.07) is 13.7. The van der Waals surface area contributed by atoms with Crippen LogP contribution in [0.2, 0.25) is 0 Å². The Balaban J connectivity index is 2.09. The number of rotatable bonds is 4. The number of hydrogen-bond donors (Lipinski definition) is 0. The summed E-state index contributed by atoms with van der Waals surface area (Å²) >= 11 is 0. The van der Waals surface area contributed by atoms with Gasteiger partial charge in [-0.15, -0.1) is 0 Å². The SMILES string of the molecule is CCc1ccc(C(=O)Cc2ccc(F)cc2)cc1. The van der Waals surface area contributed by atoms with Crippen molar-refractivity contribution in [2.75, 3.05) is 0 Å². The Hall–Kier alpha value is -1.96. The summed E-state index contributed by atoms with van der Waals surface area (Å²) in [4.78, 5) is 12.0. The van der Waals surface area contributed by atoms with Gasteiger partial charge in [0, 0.05) is 12.0 Å². The molecule has 2 aromatic rings. The molecule has 1 nitrogen and oxygen atoms in total. The molecule has 0 bridgehead atoms. The molecule has 2 heteroatoms. The molecule has 0 atom stereocenters. The zero-order valence-corrected chi connectivity index (χ0v) is 10.3. The van der Waals surface area contributed by atoms with E-state index >= 15 is 0 Å². The van der Waals surface area contributed by atoms with E-state index in [2.05, 4.69) is 6.92 Å². The van der Waals surface area contributed by atoms with E-state index in [1.54, 1.807) is 12.1 Å². The maximum Gasteiger partial charge on any atom is 0.167 e. The fourth-order valence-electron chi connectivity index (χ4n) is 1.82. The highest BCUT2D eigenvalue weighted by atomic mass is 19.1. The van der Waals surface area contributed by atoms with Crippen LogP contribution < -0.4 is 0 Å². The topological polar surface area (TPSA) is 17.1 Å². The van der Waals surface area contributed by atoms with Gasteiger partial charge in [0.05, 0.1) is 0 Å². The number of halogens is 1. The number of aryl methyl sites for hydroxylation is 1. The van der Waals surface area contributed by atoms with Crippen LogP contribution in [0.15, 0.2) is 48.5 Å². The molecule has 18 heavy (non-hydrogen) atoms. The molecule has 0 aliphatic heterocycles. The van der Waals surface area contributed by atoms with Crippen LogP contribution in [-0.4, -0.2) is 5.78 Å². The molecule has 92 valence electrons. The van der Waals surface area contributed by atoms with E-state index < -0.39 is 0 Å². The van der Waals surface area contributed by atoms with Crippen molar-refractivity contribution in [3.8, 4) is 0 Å². The van der Waals surface area contributed by atoms with E-state index in [0.717, 1.165) is 12.0 Å². The van der Waals surface area contributed by atoms with Crippen molar-refractivity contribution in [3.05, 3.63) is 71.0 Å².